The molecule has 1 aliphatic rings. The molecular weight excluding hydrogens is 257 g/mol. The van der Waals surface area contributed by atoms with E-state index in [0.29, 0.717) is 18.9 Å². The van der Waals surface area contributed by atoms with Crippen LogP contribution in [0, 0.1) is 11.7 Å². The number of halogens is 1. The van der Waals surface area contributed by atoms with Crippen molar-refractivity contribution >= 4 is 11.7 Å². The van der Waals surface area contributed by atoms with Crippen LogP contribution in [-0.2, 0) is 0 Å². The molecule has 0 bridgehead atoms. The number of hydrogen-bond donors (Lipinski definition) is 2. The van der Waals surface area contributed by atoms with E-state index in [9.17, 15) is 9.18 Å². The molecule has 0 spiro atoms. The third-order valence-corrected chi connectivity index (χ3v) is 3.41. The summed E-state index contributed by atoms with van der Waals surface area (Å²) in [5.74, 6) is 0.569. The van der Waals surface area contributed by atoms with E-state index in [1.807, 2.05) is 6.92 Å². The molecule has 0 aliphatic heterocycles. The minimum absolute atomic E-state index is 0.258. The maximum absolute atomic E-state index is 13.3. The highest BCUT2D eigenvalue weighted by molar-refractivity contribution is 5.98. The Morgan fingerprint density at radius 1 is 1.45 bits per heavy atom. The minimum Gasteiger partial charge on any atom is -0.369 e. The first kappa shape index (κ1) is 14.8. The third kappa shape index (κ3) is 4.47. The van der Waals surface area contributed by atoms with E-state index in [2.05, 4.69) is 15.6 Å². The Bertz CT molecular complexity index is 460. The molecule has 1 aromatic heterocycles. The van der Waals surface area contributed by atoms with Crippen LogP contribution in [0.15, 0.2) is 12.3 Å². The number of hydrogen-bond acceptors (Lipinski definition) is 3. The van der Waals surface area contributed by atoms with E-state index >= 15 is 0 Å². The lowest BCUT2D eigenvalue weighted by atomic mass is 10.2. The van der Waals surface area contributed by atoms with Gasteiger partial charge in [-0.05, 0) is 31.2 Å². The molecule has 2 rings (SSSR count). The SMILES string of the molecule is CCCNc1ncc(F)cc1C(=O)NCCCC1CC1. The van der Waals surface area contributed by atoms with Gasteiger partial charge in [-0.2, -0.15) is 0 Å². The van der Waals surface area contributed by atoms with E-state index in [-0.39, 0.29) is 11.5 Å². The van der Waals surface area contributed by atoms with Crippen LogP contribution in [0.1, 0.15) is 49.4 Å². The smallest absolute Gasteiger partial charge is 0.255 e. The van der Waals surface area contributed by atoms with Gasteiger partial charge in [-0.25, -0.2) is 9.37 Å². The van der Waals surface area contributed by atoms with Gasteiger partial charge in [0.25, 0.3) is 5.91 Å². The molecule has 110 valence electrons. The summed E-state index contributed by atoms with van der Waals surface area (Å²) in [6.45, 7) is 3.37. The monoisotopic (exact) mass is 279 g/mol. The normalized spacial score (nSPS) is 14.1. The van der Waals surface area contributed by atoms with Gasteiger partial charge in [-0.15, -0.1) is 0 Å². The Balaban J connectivity index is 1.89. The maximum Gasteiger partial charge on any atom is 0.255 e. The molecule has 1 aliphatic carbocycles. The van der Waals surface area contributed by atoms with Gasteiger partial charge in [0.05, 0.1) is 11.8 Å². The van der Waals surface area contributed by atoms with Crippen LogP contribution in [0.3, 0.4) is 0 Å². The van der Waals surface area contributed by atoms with Crippen LogP contribution in [0.5, 0.6) is 0 Å². The van der Waals surface area contributed by atoms with Crippen molar-refractivity contribution in [1.82, 2.24) is 10.3 Å². The Morgan fingerprint density at radius 3 is 2.95 bits per heavy atom. The van der Waals surface area contributed by atoms with Gasteiger partial charge in [0.1, 0.15) is 11.6 Å². The van der Waals surface area contributed by atoms with E-state index < -0.39 is 5.82 Å². The summed E-state index contributed by atoms with van der Waals surface area (Å²) in [4.78, 5) is 16.0. The highest BCUT2D eigenvalue weighted by Gasteiger charge is 2.20. The van der Waals surface area contributed by atoms with Crippen molar-refractivity contribution in [3.63, 3.8) is 0 Å². The Kier molecular flexibility index (Phi) is 5.32. The van der Waals surface area contributed by atoms with Crippen LogP contribution in [0.2, 0.25) is 0 Å². The summed E-state index contributed by atoms with van der Waals surface area (Å²) >= 11 is 0. The molecule has 5 heteroatoms. The number of rotatable bonds is 8. The molecule has 2 N–H and O–H groups in total. The fourth-order valence-electron chi connectivity index (χ4n) is 2.09. The first-order valence-corrected chi connectivity index (χ1v) is 7.38. The predicted molar refractivity (Wildman–Crippen MR) is 77.3 cm³/mol. The van der Waals surface area contributed by atoms with Gasteiger partial charge >= 0.3 is 0 Å². The highest BCUT2D eigenvalue weighted by Crippen LogP contribution is 2.33. The van der Waals surface area contributed by atoms with Crippen LogP contribution >= 0.6 is 0 Å². The second-order valence-electron chi connectivity index (χ2n) is 5.32. The van der Waals surface area contributed by atoms with Gasteiger partial charge in [-0.3, -0.25) is 4.79 Å². The Labute approximate surface area is 119 Å². The van der Waals surface area contributed by atoms with E-state index in [4.69, 9.17) is 0 Å². The fourth-order valence-corrected chi connectivity index (χ4v) is 2.09. The summed E-state index contributed by atoms with van der Waals surface area (Å²) in [6.07, 6.45) is 6.85. The van der Waals surface area contributed by atoms with E-state index in [1.165, 1.54) is 25.3 Å². The number of nitrogens with one attached hydrogen (secondary N) is 2. The topological polar surface area (TPSA) is 54.0 Å². The zero-order chi connectivity index (χ0) is 14.4. The number of carbonyl (C=O) groups excluding carboxylic acids is 1. The fraction of sp³-hybridized carbons (Fsp3) is 0.600. The third-order valence-electron chi connectivity index (χ3n) is 3.41. The molecule has 4 nitrogen and oxygen atoms in total. The van der Waals surface area contributed by atoms with Crippen molar-refractivity contribution in [3.05, 3.63) is 23.6 Å². The van der Waals surface area contributed by atoms with Gasteiger partial charge in [-0.1, -0.05) is 19.8 Å². The summed E-state index contributed by atoms with van der Waals surface area (Å²) < 4.78 is 13.3. The van der Waals surface area contributed by atoms with Crippen LogP contribution in [-0.4, -0.2) is 24.0 Å². The number of pyridine rings is 1. The zero-order valence-electron chi connectivity index (χ0n) is 11.9. The molecule has 1 aromatic rings. The lowest BCUT2D eigenvalue weighted by Gasteiger charge is -2.10. The molecule has 1 amide bonds. The second kappa shape index (κ2) is 7.22. The van der Waals surface area contributed by atoms with Crippen molar-refractivity contribution in [2.75, 3.05) is 18.4 Å². The van der Waals surface area contributed by atoms with Crippen LogP contribution < -0.4 is 10.6 Å². The minimum atomic E-state index is -0.491. The van der Waals surface area contributed by atoms with Crippen molar-refractivity contribution < 1.29 is 9.18 Å². The molecule has 0 radical (unpaired) electrons. The van der Waals surface area contributed by atoms with E-state index in [1.54, 1.807) is 0 Å². The summed E-state index contributed by atoms with van der Waals surface area (Å²) in [7, 11) is 0. The number of nitrogens with zero attached hydrogens (tertiary/aromatic N) is 1. The number of carbonyl (C=O) groups is 1. The molecule has 1 fully saturated rings. The molecular formula is C15H22FN3O. The van der Waals surface area contributed by atoms with Gasteiger partial charge in [0.2, 0.25) is 0 Å². The first-order valence-electron chi connectivity index (χ1n) is 7.38. The second-order valence-corrected chi connectivity index (χ2v) is 5.32. The maximum atomic E-state index is 13.3. The molecule has 1 heterocycles. The summed E-state index contributed by atoms with van der Waals surface area (Å²) in [5.41, 5.74) is 0.282. The van der Waals surface area contributed by atoms with Gasteiger partial charge in [0.15, 0.2) is 0 Å². The molecule has 0 atom stereocenters. The lowest BCUT2D eigenvalue weighted by Crippen LogP contribution is -2.26. The van der Waals surface area contributed by atoms with Gasteiger partial charge in [0, 0.05) is 13.1 Å². The largest absolute Gasteiger partial charge is 0.369 e. The zero-order valence-corrected chi connectivity index (χ0v) is 11.9. The number of anilines is 1. The standard InChI is InChI=1S/C15H22FN3O/c1-2-7-17-14-13(9-12(16)10-19-14)15(20)18-8-3-4-11-5-6-11/h9-11H,2-8H2,1H3,(H,17,19)(H,18,20). The van der Waals surface area contributed by atoms with Crippen LogP contribution in [0.25, 0.3) is 0 Å². The Hall–Kier alpha value is -1.65. The average Bonchev–Trinajstić information content (AvgIpc) is 3.26. The molecule has 0 saturated heterocycles. The highest BCUT2D eigenvalue weighted by atomic mass is 19.1. The molecule has 20 heavy (non-hydrogen) atoms. The first-order chi connectivity index (χ1) is 9.70. The number of amides is 1. The van der Waals surface area contributed by atoms with Gasteiger partial charge < -0.3 is 10.6 Å². The molecule has 0 unspecified atom stereocenters. The van der Waals surface area contributed by atoms with Crippen molar-refractivity contribution in [2.24, 2.45) is 5.92 Å². The predicted octanol–water partition coefficient (Wildman–Crippen LogP) is 2.96. The lowest BCUT2D eigenvalue weighted by molar-refractivity contribution is 0.0953. The summed E-state index contributed by atoms with van der Waals surface area (Å²) in [5, 5.41) is 5.89. The number of aromatic nitrogens is 1. The molecule has 1 saturated carbocycles. The van der Waals surface area contributed by atoms with Crippen molar-refractivity contribution in [1.29, 1.82) is 0 Å². The summed E-state index contributed by atoms with van der Waals surface area (Å²) in [6, 6.07) is 1.24. The Morgan fingerprint density at radius 2 is 2.25 bits per heavy atom. The van der Waals surface area contributed by atoms with Crippen molar-refractivity contribution in [2.45, 2.75) is 39.0 Å². The van der Waals surface area contributed by atoms with E-state index in [0.717, 1.165) is 25.0 Å². The molecule has 0 aromatic carbocycles. The quantitative estimate of drug-likeness (QED) is 0.719. The average molecular weight is 279 g/mol. The van der Waals surface area contributed by atoms with Crippen LogP contribution in [0.4, 0.5) is 10.2 Å². The van der Waals surface area contributed by atoms with Crippen molar-refractivity contribution in [3.8, 4) is 0 Å².